The molecule has 136 valence electrons. The first-order valence-electron chi connectivity index (χ1n) is 8.88. The lowest BCUT2D eigenvalue weighted by molar-refractivity contribution is -0.154. The van der Waals surface area contributed by atoms with Crippen LogP contribution < -0.4 is 0 Å². The summed E-state index contributed by atoms with van der Waals surface area (Å²) in [5, 5.41) is 1.99. The monoisotopic (exact) mass is 360 g/mol. The number of hydrogen-bond donors (Lipinski definition) is 0. The van der Waals surface area contributed by atoms with Crippen molar-refractivity contribution in [2.24, 2.45) is 0 Å². The van der Waals surface area contributed by atoms with E-state index in [-0.39, 0.29) is 18.8 Å². The van der Waals surface area contributed by atoms with Crippen LogP contribution in [0.2, 0.25) is 0 Å². The van der Waals surface area contributed by atoms with E-state index in [0.29, 0.717) is 11.1 Å². The second-order valence-electron chi connectivity index (χ2n) is 6.24. The third kappa shape index (κ3) is 4.29. The lowest BCUT2D eigenvalue weighted by Gasteiger charge is -2.15. The van der Waals surface area contributed by atoms with Gasteiger partial charge >= 0.3 is 5.97 Å². The van der Waals surface area contributed by atoms with Crippen LogP contribution in [0.4, 0.5) is 0 Å². The van der Waals surface area contributed by atoms with Gasteiger partial charge < -0.3 is 4.74 Å². The van der Waals surface area contributed by atoms with Gasteiger partial charge in [-0.15, -0.1) is 0 Å². The van der Waals surface area contributed by atoms with Crippen LogP contribution in [-0.4, -0.2) is 24.1 Å². The molecule has 0 fully saturated rings. The lowest BCUT2D eigenvalue weighted by atomic mass is 9.88. The Balaban J connectivity index is 1.89. The summed E-state index contributed by atoms with van der Waals surface area (Å²) < 4.78 is 4.85. The van der Waals surface area contributed by atoms with Crippen molar-refractivity contribution in [1.29, 1.82) is 0 Å². The van der Waals surface area contributed by atoms with E-state index in [1.807, 2.05) is 42.5 Å². The van der Waals surface area contributed by atoms with E-state index < -0.39 is 17.7 Å². The average Bonchev–Trinajstić information content (AvgIpc) is 2.71. The molecular weight excluding hydrogens is 340 g/mol. The Bertz CT molecular complexity index is 976. The fraction of sp³-hybridized carbons (Fsp3) is 0.174. The van der Waals surface area contributed by atoms with Gasteiger partial charge in [0.05, 0.1) is 12.5 Å². The zero-order chi connectivity index (χ0) is 19.2. The summed E-state index contributed by atoms with van der Waals surface area (Å²) in [5.74, 6) is -2.65. The maximum atomic E-state index is 12.9. The standard InChI is InChI=1S/C23H20O4/c1-2-27-23(26)22(25)20(17-9-4-3-5-10-17)15-21(24)19-13-12-16-8-6-7-11-18(16)14-19/h3-14,20H,2,15H2,1H3. The van der Waals surface area contributed by atoms with E-state index in [9.17, 15) is 14.4 Å². The van der Waals surface area contributed by atoms with E-state index >= 15 is 0 Å². The Morgan fingerprint density at radius 1 is 0.852 bits per heavy atom. The summed E-state index contributed by atoms with van der Waals surface area (Å²) >= 11 is 0. The number of ether oxygens (including phenoxy) is 1. The summed E-state index contributed by atoms with van der Waals surface area (Å²) in [7, 11) is 0. The fourth-order valence-corrected chi connectivity index (χ4v) is 3.06. The van der Waals surface area contributed by atoms with Gasteiger partial charge in [-0.2, -0.15) is 0 Å². The van der Waals surface area contributed by atoms with Crippen LogP contribution >= 0.6 is 0 Å². The number of esters is 1. The van der Waals surface area contributed by atoms with Crippen molar-refractivity contribution >= 4 is 28.3 Å². The van der Waals surface area contributed by atoms with Crippen LogP contribution in [0.1, 0.15) is 35.2 Å². The number of hydrogen-bond acceptors (Lipinski definition) is 4. The van der Waals surface area contributed by atoms with Crippen LogP contribution in [0.25, 0.3) is 10.8 Å². The summed E-state index contributed by atoms with van der Waals surface area (Å²) in [6.07, 6.45) is -0.0833. The van der Waals surface area contributed by atoms with Gasteiger partial charge in [-0.25, -0.2) is 4.79 Å². The van der Waals surface area contributed by atoms with Crippen LogP contribution in [0.5, 0.6) is 0 Å². The van der Waals surface area contributed by atoms with E-state index in [0.717, 1.165) is 10.8 Å². The van der Waals surface area contributed by atoms with E-state index in [4.69, 9.17) is 4.74 Å². The molecule has 3 aromatic carbocycles. The molecule has 1 atom stereocenters. The minimum absolute atomic E-state index is 0.0833. The van der Waals surface area contributed by atoms with Gasteiger partial charge in [0, 0.05) is 12.0 Å². The molecule has 3 aromatic rings. The third-order valence-electron chi connectivity index (χ3n) is 4.46. The largest absolute Gasteiger partial charge is 0.460 e. The quantitative estimate of drug-likeness (QED) is 0.357. The van der Waals surface area contributed by atoms with Gasteiger partial charge in [0.2, 0.25) is 5.78 Å². The second kappa shape index (κ2) is 8.41. The summed E-state index contributed by atoms with van der Waals surface area (Å²) in [4.78, 5) is 37.4. The zero-order valence-electron chi connectivity index (χ0n) is 15.1. The van der Waals surface area contributed by atoms with Gasteiger partial charge in [0.25, 0.3) is 0 Å². The predicted molar refractivity (Wildman–Crippen MR) is 104 cm³/mol. The van der Waals surface area contributed by atoms with Gasteiger partial charge in [0.1, 0.15) is 0 Å². The first-order chi connectivity index (χ1) is 13.1. The highest BCUT2D eigenvalue weighted by molar-refractivity contribution is 6.36. The number of ketones is 2. The van der Waals surface area contributed by atoms with E-state index in [1.54, 1.807) is 37.3 Å². The Hall–Kier alpha value is -3.27. The van der Waals surface area contributed by atoms with Gasteiger partial charge in [0.15, 0.2) is 5.78 Å². The maximum absolute atomic E-state index is 12.9. The molecule has 0 N–H and O–H groups in total. The minimum atomic E-state index is -0.905. The third-order valence-corrected chi connectivity index (χ3v) is 4.46. The maximum Gasteiger partial charge on any atom is 0.375 e. The number of benzene rings is 3. The molecule has 0 radical (unpaired) electrons. The van der Waals surface area contributed by atoms with Crippen molar-refractivity contribution in [3.05, 3.63) is 83.9 Å². The molecule has 27 heavy (non-hydrogen) atoms. The van der Waals surface area contributed by atoms with Gasteiger partial charge in [-0.3, -0.25) is 9.59 Å². The predicted octanol–water partition coefficient (Wildman–Crippen LogP) is 4.33. The molecule has 0 saturated heterocycles. The van der Waals surface area contributed by atoms with Crippen molar-refractivity contribution < 1.29 is 19.1 Å². The number of carbonyl (C=O) groups excluding carboxylic acids is 3. The molecule has 0 amide bonds. The Labute approximate surface area is 157 Å². The Morgan fingerprint density at radius 3 is 2.22 bits per heavy atom. The number of fused-ring (bicyclic) bond motifs is 1. The van der Waals surface area contributed by atoms with E-state index in [2.05, 4.69) is 0 Å². The topological polar surface area (TPSA) is 60.4 Å². The fourth-order valence-electron chi connectivity index (χ4n) is 3.06. The van der Waals surface area contributed by atoms with Crippen molar-refractivity contribution in [2.45, 2.75) is 19.3 Å². The molecule has 3 rings (SSSR count). The average molecular weight is 360 g/mol. The minimum Gasteiger partial charge on any atom is -0.460 e. The lowest BCUT2D eigenvalue weighted by Crippen LogP contribution is -2.26. The zero-order valence-corrected chi connectivity index (χ0v) is 15.1. The van der Waals surface area contributed by atoms with Crippen LogP contribution in [0.15, 0.2) is 72.8 Å². The SMILES string of the molecule is CCOC(=O)C(=O)C(CC(=O)c1ccc2ccccc2c1)c1ccccc1. The molecule has 0 saturated carbocycles. The molecule has 0 spiro atoms. The normalized spacial score (nSPS) is 11.7. The Morgan fingerprint density at radius 2 is 1.52 bits per heavy atom. The molecule has 0 bridgehead atoms. The molecule has 0 heterocycles. The second-order valence-corrected chi connectivity index (χ2v) is 6.24. The van der Waals surface area contributed by atoms with Crippen molar-refractivity contribution in [2.75, 3.05) is 6.61 Å². The smallest absolute Gasteiger partial charge is 0.375 e. The molecular formula is C23H20O4. The van der Waals surface area contributed by atoms with Crippen molar-refractivity contribution in [3.63, 3.8) is 0 Å². The molecule has 0 aliphatic carbocycles. The molecule has 0 aliphatic heterocycles. The number of rotatable bonds is 7. The van der Waals surface area contributed by atoms with Gasteiger partial charge in [-0.1, -0.05) is 66.7 Å². The van der Waals surface area contributed by atoms with Crippen molar-refractivity contribution in [3.8, 4) is 0 Å². The molecule has 0 aromatic heterocycles. The molecule has 4 nitrogen and oxygen atoms in total. The summed E-state index contributed by atoms with van der Waals surface area (Å²) in [5.41, 5.74) is 1.15. The van der Waals surface area contributed by atoms with E-state index in [1.165, 1.54) is 0 Å². The number of Topliss-reactive ketones (excluding diaryl/α,β-unsaturated/α-hetero) is 2. The highest BCUT2D eigenvalue weighted by atomic mass is 16.5. The Kier molecular flexibility index (Phi) is 5.77. The molecule has 0 aliphatic rings. The highest BCUT2D eigenvalue weighted by Gasteiger charge is 2.30. The van der Waals surface area contributed by atoms with Crippen LogP contribution in [-0.2, 0) is 14.3 Å². The number of carbonyl (C=O) groups is 3. The summed E-state index contributed by atoms with van der Waals surface area (Å²) in [6, 6.07) is 22.1. The van der Waals surface area contributed by atoms with Crippen molar-refractivity contribution in [1.82, 2.24) is 0 Å². The first kappa shape index (κ1) is 18.5. The van der Waals surface area contributed by atoms with Crippen LogP contribution in [0.3, 0.4) is 0 Å². The highest BCUT2D eigenvalue weighted by Crippen LogP contribution is 2.25. The first-order valence-corrected chi connectivity index (χ1v) is 8.88. The van der Waals surface area contributed by atoms with Crippen LogP contribution in [0, 0.1) is 0 Å². The summed E-state index contributed by atoms with van der Waals surface area (Å²) in [6.45, 7) is 1.76. The molecule has 4 heteroatoms. The molecule has 1 unspecified atom stereocenters. The van der Waals surface area contributed by atoms with Gasteiger partial charge in [-0.05, 0) is 29.3 Å².